The fraction of sp³-hybridized carbons (Fsp3) is 0.286. The Kier molecular flexibility index (Phi) is 6.76. The van der Waals surface area contributed by atoms with Gasteiger partial charge in [-0.3, -0.25) is 4.79 Å². The van der Waals surface area contributed by atoms with Gasteiger partial charge in [-0.1, -0.05) is 23.7 Å². The molecule has 20 heavy (non-hydrogen) atoms. The average Bonchev–Trinajstić information content (AvgIpc) is 2.42. The summed E-state index contributed by atoms with van der Waals surface area (Å²) >= 11 is 5.78. The first kappa shape index (κ1) is 16.2. The predicted octanol–water partition coefficient (Wildman–Crippen LogP) is 2.41. The van der Waals surface area contributed by atoms with Gasteiger partial charge in [0.2, 0.25) is 0 Å². The van der Waals surface area contributed by atoms with Gasteiger partial charge in [-0.05, 0) is 25.1 Å². The normalized spacial score (nSPS) is 11.5. The number of carbonyl (C=O) groups is 2. The Morgan fingerprint density at radius 3 is 2.90 bits per heavy atom. The number of hydrogen-bond donors (Lipinski definition) is 1. The maximum atomic E-state index is 11.6. The van der Waals surface area contributed by atoms with Crippen molar-refractivity contribution in [3.8, 4) is 0 Å². The van der Waals surface area contributed by atoms with Gasteiger partial charge in [-0.25, -0.2) is 4.79 Å². The third-order valence-corrected chi connectivity index (χ3v) is 2.48. The maximum absolute atomic E-state index is 11.6. The first-order chi connectivity index (χ1) is 9.52. The molecule has 0 fully saturated rings. The quantitative estimate of drug-likeness (QED) is 0.620. The van der Waals surface area contributed by atoms with E-state index in [4.69, 9.17) is 21.1 Å². The minimum atomic E-state index is -0.744. The topological polar surface area (TPSA) is 64.6 Å². The number of ether oxygens (including phenoxy) is 2. The van der Waals surface area contributed by atoms with E-state index in [1.54, 1.807) is 31.2 Å². The standard InChI is InChI=1S/C14H16ClNO4/c1-3-7-19-10(2)14(18)20-9-13(17)16-12-6-4-5-11(15)8-12/h3-6,8,10H,1,7,9H2,2H3,(H,16,17). The number of hydrogen-bond acceptors (Lipinski definition) is 4. The Balaban J connectivity index is 2.36. The van der Waals surface area contributed by atoms with Gasteiger partial charge >= 0.3 is 5.97 Å². The number of nitrogens with one attached hydrogen (secondary N) is 1. The molecule has 0 aliphatic rings. The van der Waals surface area contributed by atoms with E-state index in [0.29, 0.717) is 10.7 Å². The van der Waals surface area contributed by atoms with E-state index < -0.39 is 18.0 Å². The summed E-state index contributed by atoms with van der Waals surface area (Å²) in [5, 5.41) is 3.07. The summed E-state index contributed by atoms with van der Waals surface area (Å²) in [6.07, 6.45) is 0.780. The molecule has 1 unspecified atom stereocenters. The Morgan fingerprint density at radius 1 is 1.50 bits per heavy atom. The third-order valence-electron chi connectivity index (χ3n) is 2.25. The average molecular weight is 298 g/mol. The van der Waals surface area contributed by atoms with Crippen molar-refractivity contribution in [1.29, 1.82) is 0 Å². The number of esters is 1. The van der Waals surface area contributed by atoms with Crippen LogP contribution in [0, 0.1) is 0 Å². The lowest BCUT2D eigenvalue weighted by Crippen LogP contribution is -2.28. The molecule has 5 nitrogen and oxygen atoms in total. The molecule has 1 atom stereocenters. The molecule has 1 rings (SSSR count). The van der Waals surface area contributed by atoms with Crippen molar-refractivity contribution in [3.05, 3.63) is 41.9 Å². The molecule has 0 spiro atoms. The predicted molar refractivity (Wildman–Crippen MR) is 76.7 cm³/mol. The number of rotatable bonds is 7. The summed E-state index contributed by atoms with van der Waals surface area (Å²) in [6, 6.07) is 6.67. The summed E-state index contributed by atoms with van der Waals surface area (Å²) in [7, 11) is 0. The lowest BCUT2D eigenvalue weighted by Gasteiger charge is -2.11. The second-order valence-corrected chi connectivity index (χ2v) is 4.37. The number of amides is 1. The van der Waals surface area contributed by atoms with E-state index in [0.717, 1.165) is 0 Å². The lowest BCUT2D eigenvalue weighted by atomic mass is 10.3. The van der Waals surface area contributed by atoms with Crippen molar-refractivity contribution >= 4 is 29.2 Å². The molecule has 0 aliphatic heterocycles. The molecular weight excluding hydrogens is 282 g/mol. The van der Waals surface area contributed by atoms with Gasteiger partial charge in [0.1, 0.15) is 0 Å². The van der Waals surface area contributed by atoms with Crippen molar-refractivity contribution in [2.45, 2.75) is 13.0 Å². The van der Waals surface area contributed by atoms with Gasteiger partial charge in [0, 0.05) is 10.7 Å². The van der Waals surface area contributed by atoms with Crippen LogP contribution in [0.15, 0.2) is 36.9 Å². The van der Waals surface area contributed by atoms with E-state index in [1.807, 2.05) is 0 Å². The maximum Gasteiger partial charge on any atom is 0.335 e. The largest absolute Gasteiger partial charge is 0.454 e. The van der Waals surface area contributed by atoms with Crippen LogP contribution in [0.5, 0.6) is 0 Å². The second-order valence-electron chi connectivity index (χ2n) is 3.93. The first-order valence-electron chi connectivity index (χ1n) is 5.97. The van der Waals surface area contributed by atoms with E-state index in [-0.39, 0.29) is 13.2 Å². The van der Waals surface area contributed by atoms with Crippen LogP contribution in [0.3, 0.4) is 0 Å². The van der Waals surface area contributed by atoms with E-state index in [9.17, 15) is 9.59 Å². The summed E-state index contributed by atoms with van der Waals surface area (Å²) in [4.78, 5) is 23.1. The number of benzene rings is 1. The van der Waals surface area contributed by atoms with E-state index in [2.05, 4.69) is 11.9 Å². The van der Waals surface area contributed by atoms with Crippen LogP contribution in [0.4, 0.5) is 5.69 Å². The fourth-order valence-corrected chi connectivity index (χ4v) is 1.49. The van der Waals surface area contributed by atoms with Crippen LogP contribution in [-0.2, 0) is 19.1 Å². The highest BCUT2D eigenvalue weighted by molar-refractivity contribution is 6.30. The molecule has 0 radical (unpaired) electrons. The molecule has 1 amide bonds. The van der Waals surface area contributed by atoms with Gasteiger partial charge in [-0.2, -0.15) is 0 Å². The zero-order chi connectivity index (χ0) is 15.0. The summed E-state index contributed by atoms with van der Waals surface area (Å²) in [6.45, 7) is 4.87. The monoisotopic (exact) mass is 297 g/mol. The van der Waals surface area contributed by atoms with Gasteiger partial charge in [0.05, 0.1) is 6.61 Å². The van der Waals surface area contributed by atoms with Crippen molar-refractivity contribution in [1.82, 2.24) is 0 Å². The van der Waals surface area contributed by atoms with Gasteiger partial charge in [0.25, 0.3) is 5.91 Å². The van der Waals surface area contributed by atoms with Crippen molar-refractivity contribution in [2.24, 2.45) is 0 Å². The molecule has 1 aromatic carbocycles. The van der Waals surface area contributed by atoms with Crippen LogP contribution in [0.1, 0.15) is 6.92 Å². The summed E-state index contributed by atoms with van der Waals surface area (Å²) < 4.78 is 9.90. The number of carbonyl (C=O) groups excluding carboxylic acids is 2. The van der Waals surface area contributed by atoms with Gasteiger partial charge in [0.15, 0.2) is 12.7 Å². The van der Waals surface area contributed by atoms with E-state index >= 15 is 0 Å². The third kappa shape index (κ3) is 5.86. The Hall–Kier alpha value is -1.85. The van der Waals surface area contributed by atoms with Crippen molar-refractivity contribution < 1.29 is 19.1 Å². The van der Waals surface area contributed by atoms with Gasteiger partial charge in [-0.15, -0.1) is 6.58 Å². The molecule has 6 heteroatoms. The lowest BCUT2D eigenvalue weighted by molar-refractivity contribution is -0.157. The van der Waals surface area contributed by atoms with Gasteiger partial charge < -0.3 is 14.8 Å². The highest BCUT2D eigenvalue weighted by Crippen LogP contribution is 2.14. The fourth-order valence-electron chi connectivity index (χ4n) is 1.30. The van der Waals surface area contributed by atoms with E-state index in [1.165, 1.54) is 6.08 Å². The first-order valence-corrected chi connectivity index (χ1v) is 6.35. The molecule has 0 heterocycles. The van der Waals surface area contributed by atoms with Crippen molar-refractivity contribution in [3.63, 3.8) is 0 Å². The Morgan fingerprint density at radius 2 is 2.25 bits per heavy atom. The zero-order valence-electron chi connectivity index (χ0n) is 11.1. The molecular formula is C14H16ClNO4. The molecule has 0 bridgehead atoms. The smallest absolute Gasteiger partial charge is 0.335 e. The second kappa shape index (κ2) is 8.35. The van der Waals surface area contributed by atoms with Crippen molar-refractivity contribution in [2.75, 3.05) is 18.5 Å². The molecule has 0 saturated heterocycles. The van der Waals surface area contributed by atoms with Crippen LogP contribution < -0.4 is 5.32 Å². The van der Waals surface area contributed by atoms with Crippen LogP contribution in [0.25, 0.3) is 0 Å². The number of halogens is 1. The SMILES string of the molecule is C=CCOC(C)C(=O)OCC(=O)Nc1cccc(Cl)c1. The zero-order valence-corrected chi connectivity index (χ0v) is 11.9. The highest BCUT2D eigenvalue weighted by atomic mass is 35.5. The molecule has 0 aromatic heterocycles. The molecule has 108 valence electrons. The molecule has 0 saturated carbocycles. The Bertz CT molecular complexity index is 490. The number of anilines is 1. The molecule has 1 N–H and O–H groups in total. The van der Waals surface area contributed by atoms with Crippen LogP contribution >= 0.6 is 11.6 Å². The summed E-state index contributed by atoms with van der Waals surface area (Å²) in [5.41, 5.74) is 0.537. The van der Waals surface area contributed by atoms with Crippen LogP contribution in [0.2, 0.25) is 5.02 Å². The van der Waals surface area contributed by atoms with Crippen LogP contribution in [-0.4, -0.2) is 31.2 Å². The summed E-state index contributed by atoms with van der Waals surface area (Å²) in [5.74, 6) is -1.05. The molecule has 0 aliphatic carbocycles. The minimum Gasteiger partial charge on any atom is -0.454 e. The highest BCUT2D eigenvalue weighted by Gasteiger charge is 2.16. The molecule has 1 aromatic rings. The Labute approximate surface area is 122 Å². The minimum absolute atomic E-state index is 0.241.